The number of nitrogens with one attached hydrogen (secondary N) is 1. The minimum atomic E-state index is 0.639. The van der Waals surface area contributed by atoms with Gasteiger partial charge in [-0.05, 0) is 43.7 Å². The zero-order valence-electron chi connectivity index (χ0n) is 12.2. The van der Waals surface area contributed by atoms with Crippen molar-refractivity contribution >= 4 is 0 Å². The molecule has 0 bridgehead atoms. The number of benzene rings is 1. The Morgan fingerprint density at radius 3 is 2.84 bits per heavy atom. The van der Waals surface area contributed by atoms with Crippen molar-refractivity contribution in [3.8, 4) is 0 Å². The number of nitrogens with zero attached hydrogens (tertiary/aromatic N) is 1. The van der Waals surface area contributed by atoms with Crippen molar-refractivity contribution in [1.82, 2.24) is 10.2 Å². The van der Waals surface area contributed by atoms with E-state index in [0.29, 0.717) is 6.04 Å². The molecular weight excluding hydrogens is 232 g/mol. The fourth-order valence-corrected chi connectivity index (χ4v) is 3.77. The topological polar surface area (TPSA) is 15.3 Å². The van der Waals surface area contributed by atoms with Gasteiger partial charge in [-0.1, -0.05) is 31.2 Å². The van der Waals surface area contributed by atoms with Crippen molar-refractivity contribution in [3.63, 3.8) is 0 Å². The highest BCUT2D eigenvalue weighted by molar-refractivity contribution is 5.30. The predicted molar refractivity (Wildman–Crippen MR) is 80.5 cm³/mol. The summed E-state index contributed by atoms with van der Waals surface area (Å²) in [5, 5.41) is 3.63. The molecule has 0 aromatic heterocycles. The quantitative estimate of drug-likeness (QED) is 0.877. The summed E-state index contributed by atoms with van der Waals surface area (Å²) in [5.41, 5.74) is 3.16. The summed E-state index contributed by atoms with van der Waals surface area (Å²) in [5.74, 6) is 0. The number of hydrogen-bond acceptors (Lipinski definition) is 2. The van der Waals surface area contributed by atoms with E-state index in [1.807, 2.05) is 0 Å². The lowest BCUT2D eigenvalue weighted by Crippen LogP contribution is -2.59. The minimum absolute atomic E-state index is 0.639. The Bertz CT molecular complexity index is 429. The van der Waals surface area contributed by atoms with Gasteiger partial charge in [0.2, 0.25) is 0 Å². The number of aryl methyl sites for hydroxylation is 1. The average molecular weight is 258 g/mol. The molecule has 1 N–H and O–H groups in total. The van der Waals surface area contributed by atoms with Crippen molar-refractivity contribution in [3.05, 3.63) is 35.4 Å². The van der Waals surface area contributed by atoms with E-state index in [1.165, 1.54) is 32.2 Å². The summed E-state index contributed by atoms with van der Waals surface area (Å²) >= 11 is 0. The Morgan fingerprint density at radius 2 is 2.05 bits per heavy atom. The largest absolute Gasteiger partial charge is 0.311 e. The summed E-state index contributed by atoms with van der Waals surface area (Å²) in [7, 11) is 0. The van der Waals surface area contributed by atoms with Crippen molar-refractivity contribution in [2.45, 2.75) is 57.7 Å². The van der Waals surface area contributed by atoms with Gasteiger partial charge in [0, 0.05) is 31.2 Å². The van der Waals surface area contributed by atoms with Crippen LogP contribution in [0.1, 0.15) is 37.8 Å². The highest BCUT2D eigenvalue weighted by Gasteiger charge is 2.32. The van der Waals surface area contributed by atoms with Crippen LogP contribution >= 0.6 is 0 Å². The van der Waals surface area contributed by atoms with Crippen molar-refractivity contribution in [2.24, 2.45) is 0 Å². The molecule has 2 nitrogen and oxygen atoms in total. The maximum Gasteiger partial charge on any atom is 0.0221 e. The van der Waals surface area contributed by atoms with E-state index in [1.54, 1.807) is 11.1 Å². The molecule has 1 heterocycles. The summed E-state index contributed by atoms with van der Waals surface area (Å²) in [6, 6.07) is 11.1. The van der Waals surface area contributed by atoms with Gasteiger partial charge in [-0.15, -0.1) is 0 Å². The third-order valence-electron chi connectivity index (χ3n) is 4.92. The van der Waals surface area contributed by atoms with Crippen molar-refractivity contribution < 1.29 is 0 Å². The maximum absolute atomic E-state index is 3.63. The summed E-state index contributed by atoms with van der Waals surface area (Å²) in [6.07, 6.45) is 5.10. The Hall–Kier alpha value is -0.860. The smallest absolute Gasteiger partial charge is 0.0221 e. The first kappa shape index (κ1) is 13.1. The first-order valence-electron chi connectivity index (χ1n) is 7.84. The van der Waals surface area contributed by atoms with E-state index in [9.17, 15) is 0 Å². The van der Waals surface area contributed by atoms with Gasteiger partial charge in [-0.2, -0.15) is 0 Å². The Morgan fingerprint density at radius 1 is 1.26 bits per heavy atom. The molecule has 1 fully saturated rings. The standard InChI is InChI=1S/C17H26N2/c1-3-16-11-18-13(2)12-19(16)17-9-8-14-6-4-5-7-15(14)10-17/h4-7,13,16-18H,3,8-12H2,1-2H3. The van der Waals surface area contributed by atoms with E-state index in [0.717, 1.165) is 18.6 Å². The molecule has 0 amide bonds. The van der Waals surface area contributed by atoms with Crippen molar-refractivity contribution in [2.75, 3.05) is 13.1 Å². The van der Waals surface area contributed by atoms with Crippen LogP contribution in [0.2, 0.25) is 0 Å². The Balaban J connectivity index is 1.75. The summed E-state index contributed by atoms with van der Waals surface area (Å²) in [4.78, 5) is 2.79. The van der Waals surface area contributed by atoms with Crippen LogP contribution < -0.4 is 5.32 Å². The number of rotatable bonds is 2. The molecule has 1 aromatic rings. The molecule has 1 aliphatic carbocycles. The molecule has 2 heteroatoms. The van der Waals surface area contributed by atoms with Crippen LogP contribution in [0.5, 0.6) is 0 Å². The number of hydrogen-bond donors (Lipinski definition) is 1. The lowest BCUT2D eigenvalue weighted by molar-refractivity contribution is 0.0751. The van der Waals surface area contributed by atoms with Crippen molar-refractivity contribution in [1.29, 1.82) is 0 Å². The molecule has 1 saturated heterocycles. The first-order chi connectivity index (χ1) is 9.28. The Kier molecular flexibility index (Phi) is 3.90. The third kappa shape index (κ3) is 2.70. The highest BCUT2D eigenvalue weighted by Crippen LogP contribution is 2.27. The second-order valence-corrected chi connectivity index (χ2v) is 6.23. The molecule has 3 rings (SSSR count). The predicted octanol–water partition coefficient (Wildman–Crippen LogP) is 2.62. The highest BCUT2D eigenvalue weighted by atomic mass is 15.3. The van der Waals surface area contributed by atoms with E-state index in [4.69, 9.17) is 0 Å². The molecule has 104 valence electrons. The summed E-state index contributed by atoms with van der Waals surface area (Å²) < 4.78 is 0. The van der Waals surface area contributed by atoms with Gasteiger partial charge in [0.15, 0.2) is 0 Å². The molecule has 2 aliphatic rings. The lowest BCUT2D eigenvalue weighted by atomic mass is 9.86. The van der Waals surface area contributed by atoms with Gasteiger partial charge in [0.1, 0.15) is 0 Å². The van der Waals surface area contributed by atoms with Crippen LogP contribution in [-0.2, 0) is 12.8 Å². The van der Waals surface area contributed by atoms with Gasteiger partial charge in [0.05, 0.1) is 0 Å². The third-order valence-corrected chi connectivity index (χ3v) is 4.92. The van der Waals surface area contributed by atoms with Crippen LogP contribution in [0.25, 0.3) is 0 Å². The van der Waals surface area contributed by atoms with Gasteiger partial charge in [-0.3, -0.25) is 4.90 Å². The first-order valence-corrected chi connectivity index (χ1v) is 7.84. The normalized spacial score (nSPS) is 32.0. The van der Waals surface area contributed by atoms with Gasteiger partial charge >= 0.3 is 0 Å². The van der Waals surface area contributed by atoms with Crippen LogP contribution in [0.15, 0.2) is 24.3 Å². The van der Waals surface area contributed by atoms with Gasteiger partial charge in [0.25, 0.3) is 0 Å². The maximum atomic E-state index is 3.63. The molecular formula is C17H26N2. The molecule has 1 aliphatic heterocycles. The lowest BCUT2D eigenvalue weighted by Gasteiger charge is -2.45. The number of fused-ring (bicyclic) bond motifs is 1. The average Bonchev–Trinajstić information content (AvgIpc) is 2.46. The minimum Gasteiger partial charge on any atom is -0.311 e. The molecule has 1 aromatic carbocycles. The summed E-state index contributed by atoms with van der Waals surface area (Å²) in [6.45, 7) is 7.02. The fraction of sp³-hybridized carbons (Fsp3) is 0.647. The van der Waals surface area contributed by atoms with Crippen LogP contribution in [0.4, 0.5) is 0 Å². The zero-order valence-corrected chi connectivity index (χ0v) is 12.2. The molecule has 0 spiro atoms. The molecule has 3 unspecified atom stereocenters. The van der Waals surface area contributed by atoms with Crippen LogP contribution in [-0.4, -0.2) is 36.1 Å². The van der Waals surface area contributed by atoms with E-state index in [2.05, 4.69) is 48.3 Å². The van der Waals surface area contributed by atoms with Crippen LogP contribution in [0.3, 0.4) is 0 Å². The SMILES string of the molecule is CCC1CNC(C)CN1C1CCc2ccccc2C1. The fourth-order valence-electron chi connectivity index (χ4n) is 3.77. The second kappa shape index (κ2) is 5.64. The van der Waals surface area contributed by atoms with Crippen LogP contribution in [0, 0.1) is 0 Å². The zero-order chi connectivity index (χ0) is 13.2. The van der Waals surface area contributed by atoms with Gasteiger partial charge in [-0.25, -0.2) is 0 Å². The van der Waals surface area contributed by atoms with Gasteiger partial charge < -0.3 is 5.32 Å². The Labute approximate surface area is 117 Å². The van der Waals surface area contributed by atoms with E-state index >= 15 is 0 Å². The molecule has 19 heavy (non-hydrogen) atoms. The molecule has 0 radical (unpaired) electrons. The van der Waals surface area contributed by atoms with E-state index in [-0.39, 0.29) is 0 Å². The number of piperazine rings is 1. The molecule has 3 atom stereocenters. The molecule has 0 saturated carbocycles. The monoisotopic (exact) mass is 258 g/mol. The van der Waals surface area contributed by atoms with E-state index < -0.39 is 0 Å². The second-order valence-electron chi connectivity index (χ2n) is 6.23.